The first kappa shape index (κ1) is 25.2. The first-order chi connectivity index (χ1) is 16.3. The molecular formula is C28H34N2O4. The second-order valence-electron chi connectivity index (χ2n) is 9.09. The number of unbranched alkanes of at least 4 members (excludes halogenated alkanes) is 1. The summed E-state index contributed by atoms with van der Waals surface area (Å²) in [6.07, 6.45) is 3.21. The molecule has 0 saturated heterocycles. The Hall–Kier alpha value is -3.41. The fourth-order valence-electron chi connectivity index (χ4n) is 3.88. The lowest BCUT2D eigenvalue weighted by Gasteiger charge is -2.29. The Balaban J connectivity index is 1.91. The number of carbonyl (C=O) groups excluding carboxylic acids is 2. The van der Waals surface area contributed by atoms with Crippen LogP contribution in [0.2, 0.25) is 0 Å². The Labute approximate surface area is 201 Å². The van der Waals surface area contributed by atoms with Crippen molar-refractivity contribution in [1.82, 2.24) is 9.80 Å². The molecule has 1 heterocycles. The van der Waals surface area contributed by atoms with Crippen molar-refractivity contribution in [2.24, 2.45) is 5.92 Å². The van der Waals surface area contributed by atoms with E-state index in [2.05, 4.69) is 6.92 Å². The van der Waals surface area contributed by atoms with Gasteiger partial charge in [0, 0.05) is 19.0 Å². The highest BCUT2D eigenvalue weighted by atomic mass is 16.3. The van der Waals surface area contributed by atoms with E-state index in [9.17, 15) is 14.4 Å². The summed E-state index contributed by atoms with van der Waals surface area (Å²) in [4.78, 5) is 42.7. The normalized spacial score (nSPS) is 11.1. The molecule has 2 amide bonds. The van der Waals surface area contributed by atoms with Gasteiger partial charge in [0.25, 0.3) is 0 Å². The minimum absolute atomic E-state index is 0.0120. The fraction of sp³-hybridized carbons (Fsp3) is 0.393. The maximum atomic E-state index is 13.5. The second kappa shape index (κ2) is 11.6. The summed E-state index contributed by atoms with van der Waals surface area (Å²) >= 11 is 0. The monoisotopic (exact) mass is 462 g/mol. The van der Waals surface area contributed by atoms with E-state index in [4.69, 9.17) is 4.42 Å². The molecule has 0 atom stereocenters. The second-order valence-corrected chi connectivity index (χ2v) is 9.09. The third-order valence-electron chi connectivity index (χ3n) is 5.84. The minimum atomic E-state index is -0.197. The van der Waals surface area contributed by atoms with Gasteiger partial charge in [-0.3, -0.25) is 14.4 Å². The Morgan fingerprint density at radius 1 is 1.00 bits per heavy atom. The van der Waals surface area contributed by atoms with Crippen LogP contribution in [0.3, 0.4) is 0 Å². The number of hydrogen-bond acceptors (Lipinski definition) is 4. The van der Waals surface area contributed by atoms with E-state index in [0.29, 0.717) is 29.6 Å². The molecule has 1 aromatic heterocycles. The summed E-state index contributed by atoms with van der Waals surface area (Å²) in [6.45, 7) is 8.64. The van der Waals surface area contributed by atoms with Gasteiger partial charge in [0.05, 0.1) is 30.3 Å². The van der Waals surface area contributed by atoms with Gasteiger partial charge >= 0.3 is 0 Å². The maximum absolute atomic E-state index is 13.5. The highest BCUT2D eigenvalue weighted by molar-refractivity contribution is 5.86. The Kier molecular flexibility index (Phi) is 8.63. The van der Waals surface area contributed by atoms with Crippen LogP contribution in [0, 0.1) is 12.8 Å². The molecular weight excluding hydrogens is 428 g/mol. The van der Waals surface area contributed by atoms with Gasteiger partial charge in [-0.05, 0) is 31.0 Å². The molecule has 180 valence electrons. The summed E-state index contributed by atoms with van der Waals surface area (Å²) in [5.74, 6) is -0.428. The zero-order chi connectivity index (χ0) is 24.7. The molecule has 0 aliphatic rings. The quantitative estimate of drug-likeness (QED) is 0.429. The maximum Gasteiger partial charge on any atom is 0.242 e. The zero-order valence-corrected chi connectivity index (χ0v) is 20.5. The molecule has 0 bridgehead atoms. The van der Waals surface area contributed by atoms with Crippen LogP contribution in [0.5, 0.6) is 0 Å². The molecule has 0 aliphatic carbocycles. The van der Waals surface area contributed by atoms with Gasteiger partial charge in [-0.25, -0.2) is 0 Å². The van der Waals surface area contributed by atoms with E-state index in [1.807, 2.05) is 63.2 Å². The van der Waals surface area contributed by atoms with Crippen molar-refractivity contribution < 1.29 is 14.0 Å². The Bertz CT molecular complexity index is 1180. The van der Waals surface area contributed by atoms with E-state index < -0.39 is 0 Å². The predicted molar refractivity (Wildman–Crippen MR) is 134 cm³/mol. The lowest BCUT2D eigenvalue weighted by Crippen LogP contribution is -2.44. The van der Waals surface area contributed by atoms with E-state index in [1.54, 1.807) is 15.9 Å². The molecule has 0 N–H and O–H groups in total. The summed E-state index contributed by atoms with van der Waals surface area (Å²) in [6, 6.07) is 15.1. The molecule has 0 saturated carbocycles. The smallest absolute Gasteiger partial charge is 0.242 e. The van der Waals surface area contributed by atoms with Gasteiger partial charge < -0.3 is 14.2 Å². The summed E-state index contributed by atoms with van der Waals surface area (Å²) < 4.78 is 5.71. The van der Waals surface area contributed by atoms with Crippen LogP contribution in [0.25, 0.3) is 11.0 Å². The van der Waals surface area contributed by atoms with Crippen LogP contribution < -0.4 is 5.43 Å². The predicted octanol–water partition coefficient (Wildman–Crippen LogP) is 4.91. The van der Waals surface area contributed by atoms with Crippen LogP contribution in [0.4, 0.5) is 0 Å². The highest BCUT2D eigenvalue weighted by Crippen LogP contribution is 2.16. The summed E-state index contributed by atoms with van der Waals surface area (Å²) in [5, 5.41) is 0.504. The summed E-state index contributed by atoms with van der Waals surface area (Å²) in [7, 11) is 0. The van der Waals surface area contributed by atoms with E-state index in [0.717, 1.165) is 24.0 Å². The zero-order valence-electron chi connectivity index (χ0n) is 20.5. The van der Waals surface area contributed by atoms with Crippen LogP contribution >= 0.6 is 0 Å². The van der Waals surface area contributed by atoms with Crippen LogP contribution in [-0.4, -0.2) is 34.7 Å². The van der Waals surface area contributed by atoms with Crippen molar-refractivity contribution in [1.29, 1.82) is 0 Å². The summed E-state index contributed by atoms with van der Waals surface area (Å²) in [5.41, 5.74) is 2.71. The van der Waals surface area contributed by atoms with Crippen molar-refractivity contribution in [2.45, 2.75) is 53.6 Å². The van der Waals surface area contributed by atoms with Crippen LogP contribution in [0.1, 0.15) is 50.3 Å². The van der Waals surface area contributed by atoms with Gasteiger partial charge in [-0.15, -0.1) is 0 Å². The molecule has 0 unspecified atom stereocenters. The fourth-order valence-corrected chi connectivity index (χ4v) is 3.88. The van der Waals surface area contributed by atoms with Gasteiger partial charge in [0.2, 0.25) is 11.8 Å². The number of hydrogen-bond donors (Lipinski definition) is 0. The van der Waals surface area contributed by atoms with E-state index >= 15 is 0 Å². The molecule has 3 rings (SSSR count). The molecule has 0 spiro atoms. The molecule has 6 heteroatoms. The van der Waals surface area contributed by atoms with Crippen molar-refractivity contribution in [3.8, 4) is 0 Å². The number of fused-ring (bicyclic) bond motifs is 1. The molecule has 34 heavy (non-hydrogen) atoms. The van der Waals surface area contributed by atoms with Crippen molar-refractivity contribution >= 4 is 22.8 Å². The van der Waals surface area contributed by atoms with Crippen molar-refractivity contribution in [3.63, 3.8) is 0 Å². The van der Waals surface area contributed by atoms with Crippen molar-refractivity contribution in [2.75, 3.05) is 13.1 Å². The topological polar surface area (TPSA) is 70.8 Å². The number of carbonyl (C=O) groups is 2. The minimum Gasteiger partial charge on any atom is -0.464 e. The van der Waals surface area contributed by atoms with E-state index in [-0.39, 0.29) is 36.3 Å². The van der Waals surface area contributed by atoms with Gasteiger partial charge in [0.1, 0.15) is 5.58 Å². The molecule has 6 nitrogen and oxygen atoms in total. The lowest BCUT2D eigenvalue weighted by atomic mass is 10.1. The molecule has 0 radical (unpaired) electrons. The van der Waals surface area contributed by atoms with Gasteiger partial charge in [0.15, 0.2) is 5.43 Å². The molecule has 0 fully saturated rings. The number of amides is 2. The standard InChI is InChI=1S/C28H34N2O4/c1-5-6-14-29(28(33)20(2)3)18-26(31)30(16-22-10-8-7-9-11-22)17-23-19-34-25-13-12-21(4)15-24(25)27(23)32/h7-13,15,19-20H,5-6,14,16-18H2,1-4H3. The number of rotatable bonds is 10. The van der Waals surface area contributed by atoms with Crippen LogP contribution in [0.15, 0.2) is 64.0 Å². The van der Waals surface area contributed by atoms with Gasteiger partial charge in [-0.1, -0.05) is 69.2 Å². The largest absolute Gasteiger partial charge is 0.464 e. The first-order valence-corrected chi connectivity index (χ1v) is 11.9. The number of aryl methyl sites for hydroxylation is 1. The van der Waals surface area contributed by atoms with Crippen LogP contribution in [-0.2, 0) is 22.7 Å². The Morgan fingerprint density at radius 3 is 2.41 bits per heavy atom. The lowest BCUT2D eigenvalue weighted by molar-refractivity contribution is -0.143. The van der Waals surface area contributed by atoms with E-state index in [1.165, 1.54) is 6.26 Å². The number of nitrogens with zero attached hydrogens (tertiary/aromatic N) is 2. The molecule has 0 aliphatic heterocycles. The van der Waals surface area contributed by atoms with Crippen molar-refractivity contribution in [3.05, 3.63) is 81.7 Å². The van der Waals surface area contributed by atoms with Gasteiger partial charge in [-0.2, -0.15) is 0 Å². The first-order valence-electron chi connectivity index (χ1n) is 11.9. The average molecular weight is 463 g/mol. The molecule has 2 aromatic carbocycles. The Morgan fingerprint density at radius 2 is 1.74 bits per heavy atom. The highest BCUT2D eigenvalue weighted by Gasteiger charge is 2.24. The molecule has 3 aromatic rings. The third kappa shape index (κ3) is 6.34. The average Bonchev–Trinajstić information content (AvgIpc) is 2.83. The SMILES string of the molecule is CCCCN(CC(=O)N(Cc1ccccc1)Cc1coc2ccc(C)cc2c1=O)C(=O)C(C)C. The third-order valence-corrected chi connectivity index (χ3v) is 5.84. The number of benzene rings is 2.